The van der Waals surface area contributed by atoms with Gasteiger partial charge in [0.15, 0.2) is 0 Å². The summed E-state index contributed by atoms with van der Waals surface area (Å²) in [6.07, 6.45) is 13.8. The Balaban J connectivity index is 1.85. The quantitative estimate of drug-likeness (QED) is 0.587. The molecule has 120 valence electrons. The van der Waals surface area contributed by atoms with Gasteiger partial charge >= 0.3 is 0 Å². The zero-order valence-corrected chi connectivity index (χ0v) is 14.9. The first kappa shape index (κ1) is 17.0. The lowest BCUT2D eigenvalue weighted by Gasteiger charge is -2.38. The first-order chi connectivity index (χ1) is 10.3. The molecule has 0 saturated heterocycles. The van der Waals surface area contributed by atoms with Crippen molar-refractivity contribution in [2.45, 2.75) is 78.1 Å². The summed E-state index contributed by atoms with van der Waals surface area (Å²) in [4.78, 5) is 3.16. The minimum absolute atomic E-state index is 0.634. The van der Waals surface area contributed by atoms with Crippen molar-refractivity contribution in [1.29, 1.82) is 0 Å². The Kier molecular flexibility index (Phi) is 7.25. The maximum absolute atomic E-state index is 3.62. The smallest absolute Gasteiger partial charge is 0.00483 e. The van der Waals surface area contributed by atoms with E-state index in [4.69, 9.17) is 0 Å². The largest absolute Gasteiger partial charge is 0.317 e. The molecule has 0 amide bonds. The molecule has 21 heavy (non-hydrogen) atoms. The molecule has 0 aromatic carbocycles. The zero-order chi connectivity index (χ0) is 15.0. The van der Waals surface area contributed by atoms with E-state index in [0.29, 0.717) is 5.41 Å². The summed E-state index contributed by atoms with van der Waals surface area (Å²) in [6.45, 7) is 6.92. The van der Waals surface area contributed by atoms with Crippen LogP contribution in [0.5, 0.6) is 0 Å². The van der Waals surface area contributed by atoms with Crippen LogP contribution in [0, 0.1) is 5.41 Å². The predicted molar refractivity (Wildman–Crippen MR) is 95.3 cm³/mol. The van der Waals surface area contributed by atoms with Crippen LogP contribution in [-0.4, -0.2) is 13.1 Å². The van der Waals surface area contributed by atoms with E-state index >= 15 is 0 Å². The molecule has 0 aliphatic heterocycles. The van der Waals surface area contributed by atoms with Gasteiger partial charge in [-0.2, -0.15) is 0 Å². The summed E-state index contributed by atoms with van der Waals surface area (Å²) in [7, 11) is 0. The molecule has 1 nitrogen and oxygen atoms in total. The summed E-state index contributed by atoms with van der Waals surface area (Å²) >= 11 is 2.04. The van der Waals surface area contributed by atoms with Gasteiger partial charge in [0, 0.05) is 9.75 Å². The van der Waals surface area contributed by atoms with Crippen LogP contribution in [0.2, 0.25) is 0 Å². The van der Waals surface area contributed by atoms with Crippen molar-refractivity contribution in [2.75, 3.05) is 13.1 Å². The minimum Gasteiger partial charge on any atom is -0.317 e. The summed E-state index contributed by atoms with van der Waals surface area (Å²) in [6, 6.07) is 4.70. The Morgan fingerprint density at radius 2 is 1.76 bits per heavy atom. The van der Waals surface area contributed by atoms with E-state index in [0.717, 1.165) is 0 Å². The monoisotopic (exact) mass is 307 g/mol. The molecule has 1 fully saturated rings. The summed E-state index contributed by atoms with van der Waals surface area (Å²) < 4.78 is 0. The van der Waals surface area contributed by atoms with E-state index in [2.05, 4.69) is 31.3 Å². The number of hydrogen-bond acceptors (Lipinski definition) is 2. The fourth-order valence-corrected chi connectivity index (χ4v) is 4.67. The number of rotatable bonds is 9. The normalized spacial score (nSPS) is 18.0. The fraction of sp³-hybridized carbons (Fsp3) is 0.789. The lowest BCUT2D eigenvalue weighted by atomic mass is 9.69. The third-order valence-electron chi connectivity index (χ3n) is 5.14. The van der Waals surface area contributed by atoms with Gasteiger partial charge in [0.05, 0.1) is 0 Å². The average Bonchev–Trinajstić information content (AvgIpc) is 2.99. The van der Waals surface area contributed by atoms with Gasteiger partial charge in [-0.25, -0.2) is 0 Å². The molecule has 2 heteroatoms. The highest BCUT2D eigenvalue weighted by Gasteiger charge is 2.31. The third kappa shape index (κ3) is 5.41. The van der Waals surface area contributed by atoms with Gasteiger partial charge in [0.25, 0.3) is 0 Å². The van der Waals surface area contributed by atoms with Crippen LogP contribution in [0.25, 0.3) is 0 Å². The molecule has 1 aliphatic rings. The van der Waals surface area contributed by atoms with Crippen molar-refractivity contribution in [3.05, 3.63) is 21.9 Å². The highest BCUT2D eigenvalue weighted by Crippen LogP contribution is 2.43. The van der Waals surface area contributed by atoms with Gasteiger partial charge in [-0.15, -0.1) is 11.3 Å². The predicted octanol–water partition coefficient (Wildman–Crippen LogP) is 5.58. The van der Waals surface area contributed by atoms with E-state index in [1.807, 2.05) is 11.3 Å². The third-order valence-corrected chi connectivity index (χ3v) is 6.43. The van der Waals surface area contributed by atoms with Crippen LogP contribution in [0.1, 0.15) is 75.0 Å². The van der Waals surface area contributed by atoms with E-state index in [-0.39, 0.29) is 0 Å². The average molecular weight is 308 g/mol. The second-order valence-electron chi connectivity index (χ2n) is 6.78. The van der Waals surface area contributed by atoms with E-state index in [1.54, 1.807) is 9.75 Å². The van der Waals surface area contributed by atoms with Crippen molar-refractivity contribution in [3.8, 4) is 0 Å². The molecule has 1 saturated carbocycles. The van der Waals surface area contributed by atoms with Crippen LogP contribution in [-0.2, 0) is 12.8 Å². The number of hydrogen-bond donors (Lipinski definition) is 1. The second-order valence-corrected chi connectivity index (χ2v) is 8.04. The molecule has 1 aromatic heterocycles. The van der Waals surface area contributed by atoms with E-state index < -0.39 is 0 Å². The minimum atomic E-state index is 0.634. The summed E-state index contributed by atoms with van der Waals surface area (Å²) in [5, 5.41) is 3.62. The van der Waals surface area contributed by atoms with Gasteiger partial charge in [0.1, 0.15) is 0 Å². The molecule has 0 spiro atoms. The molecular weight excluding hydrogens is 274 g/mol. The first-order valence-corrected chi connectivity index (χ1v) is 9.88. The van der Waals surface area contributed by atoms with Crippen molar-refractivity contribution in [3.63, 3.8) is 0 Å². The molecule has 0 bridgehead atoms. The Labute approximate surface area is 135 Å². The molecule has 2 rings (SSSR count). The van der Waals surface area contributed by atoms with Crippen molar-refractivity contribution < 1.29 is 0 Å². The maximum atomic E-state index is 3.62. The van der Waals surface area contributed by atoms with Crippen LogP contribution in [0.15, 0.2) is 12.1 Å². The van der Waals surface area contributed by atoms with Crippen LogP contribution in [0.4, 0.5) is 0 Å². The standard InChI is InChI=1S/C19H33NS/c1-3-15-20-16-14-19(11-6-5-7-12-19)13-10-18-9-8-17(4-2)21-18/h8-9,20H,3-7,10-16H2,1-2H3. The van der Waals surface area contributed by atoms with Crippen LogP contribution < -0.4 is 5.32 Å². The molecule has 0 radical (unpaired) electrons. The number of thiophene rings is 1. The highest BCUT2D eigenvalue weighted by molar-refractivity contribution is 7.11. The molecule has 1 heterocycles. The van der Waals surface area contributed by atoms with Gasteiger partial charge in [0.2, 0.25) is 0 Å². The Hall–Kier alpha value is -0.340. The zero-order valence-electron chi connectivity index (χ0n) is 14.0. The summed E-state index contributed by atoms with van der Waals surface area (Å²) in [5.41, 5.74) is 0.634. The fourth-order valence-electron chi connectivity index (χ4n) is 3.72. The van der Waals surface area contributed by atoms with Gasteiger partial charge in [-0.05, 0) is 75.6 Å². The lowest BCUT2D eigenvalue weighted by Crippen LogP contribution is -2.30. The second kappa shape index (κ2) is 8.95. The first-order valence-electron chi connectivity index (χ1n) is 9.06. The highest BCUT2D eigenvalue weighted by atomic mass is 32.1. The topological polar surface area (TPSA) is 12.0 Å². The van der Waals surface area contributed by atoms with Crippen molar-refractivity contribution in [2.24, 2.45) is 5.41 Å². The van der Waals surface area contributed by atoms with Crippen molar-refractivity contribution in [1.82, 2.24) is 5.32 Å². The van der Waals surface area contributed by atoms with Gasteiger partial charge < -0.3 is 5.32 Å². The van der Waals surface area contributed by atoms with E-state index in [9.17, 15) is 0 Å². The Morgan fingerprint density at radius 3 is 2.43 bits per heavy atom. The molecular formula is C19H33NS. The molecule has 0 unspecified atom stereocenters. The SMILES string of the molecule is CCCNCCC1(CCc2ccc(CC)s2)CCCCC1. The molecule has 1 aromatic rings. The van der Waals surface area contributed by atoms with Gasteiger partial charge in [-0.3, -0.25) is 0 Å². The lowest BCUT2D eigenvalue weighted by molar-refractivity contribution is 0.157. The van der Waals surface area contributed by atoms with Gasteiger partial charge in [-0.1, -0.05) is 33.1 Å². The van der Waals surface area contributed by atoms with Crippen LogP contribution in [0.3, 0.4) is 0 Å². The summed E-state index contributed by atoms with van der Waals surface area (Å²) in [5.74, 6) is 0. The van der Waals surface area contributed by atoms with Crippen LogP contribution >= 0.6 is 11.3 Å². The molecule has 0 atom stereocenters. The molecule has 1 N–H and O–H groups in total. The van der Waals surface area contributed by atoms with Crippen molar-refractivity contribution >= 4 is 11.3 Å². The number of nitrogens with one attached hydrogen (secondary N) is 1. The Bertz CT molecular complexity index is 390. The number of aryl methyl sites for hydroxylation is 2. The maximum Gasteiger partial charge on any atom is 0.00483 e. The molecule has 1 aliphatic carbocycles. The Morgan fingerprint density at radius 1 is 1.00 bits per heavy atom. The van der Waals surface area contributed by atoms with E-state index in [1.165, 1.54) is 77.3 Å².